The third-order valence-electron chi connectivity index (χ3n) is 4.00. The quantitative estimate of drug-likeness (QED) is 0.885. The maximum atomic E-state index is 5.62. The van der Waals surface area contributed by atoms with Crippen LogP contribution in [0, 0.1) is 12.8 Å². The Bertz CT molecular complexity index is 558. The van der Waals surface area contributed by atoms with Crippen LogP contribution in [0.4, 0.5) is 0 Å². The summed E-state index contributed by atoms with van der Waals surface area (Å²) in [4.78, 5) is 4.35. The lowest BCUT2D eigenvalue weighted by molar-refractivity contribution is 0.430. The molecule has 19 heavy (non-hydrogen) atoms. The minimum absolute atomic E-state index is 0.389. The summed E-state index contributed by atoms with van der Waals surface area (Å²) < 4.78 is 5.62. The number of fused-ring (bicyclic) bond motifs is 1. The summed E-state index contributed by atoms with van der Waals surface area (Å²) in [5.41, 5.74) is 3.12. The van der Waals surface area contributed by atoms with Gasteiger partial charge in [0, 0.05) is 13.0 Å². The Balaban J connectivity index is 1.83. The fourth-order valence-corrected chi connectivity index (χ4v) is 2.94. The molecule has 2 atom stereocenters. The van der Waals surface area contributed by atoms with E-state index < -0.39 is 0 Å². The van der Waals surface area contributed by atoms with Gasteiger partial charge in [0.1, 0.15) is 5.52 Å². The number of aryl methyl sites for hydroxylation is 1. The Morgan fingerprint density at radius 2 is 2.42 bits per heavy atom. The summed E-state index contributed by atoms with van der Waals surface area (Å²) in [5, 5.41) is 6.86. The second kappa shape index (κ2) is 5.31. The number of oxazole rings is 1. The molecular formula is C15H21N3O. The molecule has 2 heterocycles. The van der Waals surface area contributed by atoms with E-state index in [1.54, 1.807) is 0 Å². The average Bonchev–Trinajstić information content (AvgIpc) is 3.02. The molecule has 0 radical (unpaired) electrons. The maximum absolute atomic E-state index is 5.62. The van der Waals surface area contributed by atoms with Gasteiger partial charge < -0.3 is 15.1 Å². The number of aromatic nitrogens is 1. The minimum atomic E-state index is 0.389. The first-order chi connectivity index (χ1) is 9.26. The van der Waals surface area contributed by atoms with Gasteiger partial charge in [-0.25, -0.2) is 4.98 Å². The summed E-state index contributed by atoms with van der Waals surface area (Å²) in [6, 6.07) is 6.73. The van der Waals surface area contributed by atoms with Gasteiger partial charge in [0.2, 0.25) is 0 Å². The smallest absolute Gasteiger partial charge is 0.192 e. The summed E-state index contributed by atoms with van der Waals surface area (Å²) >= 11 is 0. The van der Waals surface area contributed by atoms with Crippen LogP contribution in [0.15, 0.2) is 22.6 Å². The molecule has 102 valence electrons. The van der Waals surface area contributed by atoms with Crippen molar-refractivity contribution in [1.29, 1.82) is 0 Å². The Morgan fingerprint density at radius 3 is 3.16 bits per heavy atom. The number of benzene rings is 1. The van der Waals surface area contributed by atoms with Crippen molar-refractivity contribution in [2.75, 3.05) is 20.1 Å². The molecule has 1 saturated heterocycles. The summed E-state index contributed by atoms with van der Waals surface area (Å²) in [6.45, 7) is 4.18. The number of nitrogens with zero attached hydrogens (tertiary/aromatic N) is 1. The van der Waals surface area contributed by atoms with Crippen molar-refractivity contribution in [3.8, 4) is 0 Å². The second-order valence-corrected chi connectivity index (χ2v) is 5.40. The molecule has 1 aliphatic heterocycles. The van der Waals surface area contributed by atoms with E-state index in [1.165, 1.54) is 18.4 Å². The van der Waals surface area contributed by atoms with Gasteiger partial charge in [-0.15, -0.1) is 0 Å². The van der Waals surface area contributed by atoms with E-state index in [0.29, 0.717) is 6.04 Å². The summed E-state index contributed by atoms with van der Waals surface area (Å²) in [7, 11) is 2.03. The molecule has 0 spiro atoms. The first kappa shape index (κ1) is 12.6. The number of hydrogen-bond acceptors (Lipinski definition) is 4. The van der Waals surface area contributed by atoms with Crippen LogP contribution in [0.3, 0.4) is 0 Å². The molecule has 0 amide bonds. The lowest BCUT2D eigenvalue weighted by Gasteiger charge is -2.20. The third kappa shape index (κ3) is 2.65. The Kier molecular flexibility index (Phi) is 3.53. The van der Waals surface area contributed by atoms with Gasteiger partial charge >= 0.3 is 0 Å². The number of nitrogens with one attached hydrogen (secondary N) is 2. The highest BCUT2D eigenvalue weighted by molar-refractivity contribution is 5.73. The predicted molar refractivity (Wildman–Crippen MR) is 76.1 cm³/mol. The second-order valence-electron chi connectivity index (χ2n) is 5.40. The van der Waals surface area contributed by atoms with E-state index in [4.69, 9.17) is 4.42 Å². The zero-order chi connectivity index (χ0) is 13.2. The first-order valence-corrected chi connectivity index (χ1v) is 7.01. The highest BCUT2D eigenvalue weighted by Crippen LogP contribution is 2.27. The van der Waals surface area contributed by atoms with Crippen molar-refractivity contribution >= 4 is 11.1 Å². The van der Waals surface area contributed by atoms with E-state index in [0.717, 1.165) is 36.0 Å². The van der Waals surface area contributed by atoms with Gasteiger partial charge in [0.25, 0.3) is 0 Å². The van der Waals surface area contributed by atoms with Crippen LogP contribution < -0.4 is 10.6 Å². The van der Waals surface area contributed by atoms with E-state index in [9.17, 15) is 0 Å². The highest BCUT2D eigenvalue weighted by Gasteiger charge is 2.20. The van der Waals surface area contributed by atoms with Gasteiger partial charge in [0.05, 0.1) is 0 Å². The molecule has 1 fully saturated rings. The van der Waals surface area contributed by atoms with Crippen LogP contribution in [0.1, 0.15) is 30.3 Å². The van der Waals surface area contributed by atoms with Crippen molar-refractivity contribution in [1.82, 2.24) is 15.6 Å². The topological polar surface area (TPSA) is 50.1 Å². The first-order valence-electron chi connectivity index (χ1n) is 7.01. The van der Waals surface area contributed by atoms with Crippen LogP contribution >= 0.6 is 0 Å². The van der Waals surface area contributed by atoms with E-state index in [2.05, 4.69) is 33.8 Å². The summed E-state index contributed by atoms with van der Waals surface area (Å²) in [6.07, 6.45) is 2.45. The molecule has 4 nitrogen and oxygen atoms in total. The van der Waals surface area contributed by atoms with E-state index in [-0.39, 0.29) is 0 Å². The summed E-state index contributed by atoms with van der Waals surface area (Å²) in [5.74, 6) is 1.50. The lowest BCUT2D eigenvalue weighted by atomic mass is 9.94. The minimum Gasteiger partial charge on any atom is -0.441 e. The molecule has 3 rings (SSSR count). The average molecular weight is 259 g/mol. The van der Waals surface area contributed by atoms with Crippen LogP contribution in [-0.4, -0.2) is 25.1 Å². The largest absolute Gasteiger partial charge is 0.441 e. The van der Waals surface area contributed by atoms with Crippen LogP contribution in [0.5, 0.6) is 0 Å². The van der Waals surface area contributed by atoms with Crippen LogP contribution in [0.2, 0.25) is 0 Å². The van der Waals surface area contributed by atoms with Crippen LogP contribution in [0.25, 0.3) is 11.1 Å². The maximum Gasteiger partial charge on any atom is 0.192 e. The number of rotatable bonds is 4. The fourth-order valence-electron chi connectivity index (χ4n) is 2.94. The zero-order valence-corrected chi connectivity index (χ0v) is 11.6. The van der Waals surface area contributed by atoms with Crippen molar-refractivity contribution in [3.63, 3.8) is 0 Å². The molecule has 1 aliphatic rings. The molecule has 1 aromatic heterocycles. The lowest BCUT2D eigenvalue weighted by Crippen LogP contribution is -2.21. The molecule has 2 aromatic rings. The Morgan fingerprint density at radius 1 is 1.53 bits per heavy atom. The highest BCUT2D eigenvalue weighted by atomic mass is 16.3. The molecule has 1 aromatic carbocycles. The normalized spacial score (nSPS) is 21.1. The standard InChI is InChI=1S/C15H21N3O/c1-10-18-13-4-3-12(8-15(13)19-10)14(16-2)7-11-5-6-17-9-11/h3-4,8,11,14,16-17H,5-7,9H2,1-2H3. The molecule has 0 aliphatic carbocycles. The Labute approximate surface area is 113 Å². The third-order valence-corrected chi connectivity index (χ3v) is 4.00. The van der Waals surface area contributed by atoms with Gasteiger partial charge in [-0.3, -0.25) is 0 Å². The van der Waals surface area contributed by atoms with E-state index >= 15 is 0 Å². The zero-order valence-electron chi connectivity index (χ0n) is 11.6. The molecular weight excluding hydrogens is 238 g/mol. The van der Waals surface area contributed by atoms with Gasteiger partial charge in [-0.2, -0.15) is 0 Å². The van der Waals surface area contributed by atoms with Crippen molar-refractivity contribution in [2.24, 2.45) is 5.92 Å². The van der Waals surface area contributed by atoms with Crippen LogP contribution in [-0.2, 0) is 0 Å². The SMILES string of the molecule is CNC(CC1CCNC1)c1ccc2nc(C)oc2c1. The number of hydrogen-bond donors (Lipinski definition) is 2. The van der Waals surface area contributed by atoms with E-state index in [1.807, 2.05) is 14.0 Å². The van der Waals surface area contributed by atoms with Crippen molar-refractivity contribution in [2.45, 2.75) is 25.8 Å². The molecule has 2 unspecified atom stereocenters. The van der Waals surface area contributed by atoms with Gasteiger partial charge in [0.15, 0.2) is 11.5 Å². The van der Waals surface area contributed by atoms with Gasteiger partial charge in [-0.1, -0.05) is 6.07 Å². The predicted octanol–water partition coefficient (Wildman–Crippen LogP) is 2.40. The molecule has 0 saturated carbocycles. The molecule has 0 bridgehead atoms. The fraction of sp³-hybridized carbons (Fsp3) is 0.533. The molecule has 4 heteroatoms. The van der Waals surface area contributed by atoms with Crippen molar-refractivity contribution < 1.29 is 4.42 Å². The monoisotopic (exact) mass is 259 g/mol. The Hall–Kier alpha value is -1.39. The van der Waals surface area contributed by atoms with Crippen molar-refractivity contribution in [3.05, 3.63) is 29.7 Å². The molecule has 2 N–H and O–H groups in total. The van der Waals surface area contributed by atoms with Gasteiger partial charge in [-0.05, 0) is 56.6 Å².